The zero-order valence-corrected chi connectivity index (χ0v) is 11.2. The van der Waals surface area contributed by atoms with E-state index in [9.17, 15) is 0 Å². The molecule has 1 aromatic carbocycles. The van der Waals surface area contributed by atoms with Gasteiger partial charge in [-0.2, -0.15) is 0 Å². The maximum absolute atomic E-state index is 5.17. The number of rotatable bonds is 6. The molecule has 0 saturated heterocycles. The van der Waals surface area contributed by atoms with Crippen molar-refractivity contribution >= 4 is 0 Å². The monoisotopic (exact) mass is 257 g/mol. The van der Waals surface area contributed by atoms with Crippen molar-refractivity contribution in [2.75, 3.05) is 7.11 Å². The van der Waals surface area contributed by atoms with Crippen LogP contribution in [0.4, 0.5) is 0 Å². The maximum Gasteiger partial charge on any atom is 0.118 e. The molecule has 0 amide bonds. The van der Waals surface area contributed by atoms with Crippen molar-refractivity contribution < 1.29 is 4.74 Å². The molecule has 1 N–H and O–H groups in total. The molecule has 0 unspecified atom stereocenters. The first kappa shape index (κ1) is 12.2. The second kappa shape index (κ2) is 5.45. The van der Waals surface area contributed by atoms with Crippen LogP contribution in [0.2, 0.25) is 0 Å². The molecule has 0 spiro atoms. The van der Waals surface area contributed by atoms with E-state index < -0.39 is 0 Å². The Hall–Kier alpha value is -1.81. The van der Waals surface area contributed by atoms with Crippen molar-refractivity contribution in [3.8, 4) is 5.75 Å². The van der Waals surface area contributed by atoms with Crippen LogP contribution >= 0.6 is 0 Å². The molecule has 0 radical (unpaired) electrons. The van der Waals surface area contributed by atoms with Gasteiger partial charge in [0.1, 0.15) is 5.75 Å². The summed E-state index contributed by atoms with van der Waals surface area (Å²) in [6, 6.07) is 8.90. The van der Waals surface area contributed by atoms with Crippen molar-refractivity contribution in [2.45, 2.75) is 32.0 Å². The number of nitrogens with one attached hydrogen (secondary N) is 1. The van der Waals surface area contributed by atoms with E-state index in [1.54, 1.807) is 7.11 Å². The summed E-state index contributed by atoms with van der Waals surface area (Å²) < 4.78 is 7.36. The van der Waals surface area contributed by atoms with Crippen molar-refractivity contribution in [1.82, 2.24) is 14.9 Å². The van der Waals surface area contributed by atoms with Crippen LogP contribution in [0.3, 0.4) is 0 Å². The van der Waals surface area contributed by atoms with E-state index in [4.69, 9.17) is 4.74 Å². The van der Waals surface area contributed by atoms with Crippen LogP contribution in [-0.4, -0.2) is 22.7 Å². The van der Waals surface area contributed by atoms with Gasteiger partial charge < -0.3 is 14.6 Å². The van der Waals surface area contributed by atoms with Crippen LogP contribution < -0.4 is 10.1 Å². The van der Waals surface area contributed by atoms with Crippen molar-refractivity contribution in [2.24, 2.45) is 0 Å². The Morgan fingerprint density at radius 2 is 2.11 bits per heavy atom. The third-order valence-electron chi connectivity index (χ3n) is 3.46. The summed E-state index contributed by atoms with van der Waals surface area (Å²) >= 11 is 0. The van der Waals surface area contributed by atoms with E-state index in [1.807, 2.05) is 24.7 Å². The summed E-state index contributed by atoms with van der Waals surface area (Å²) in [6.07, 6.45) is 6.46. The molecular weight excluding hydrogens is 238 g/mol. The first-order valence-corrected chi connectivity index (χ1v) is 6.70. The average molecular weight is 257 g/mol. The van der Waals surface area contributed by atoms with Crippen LogP contribution in [0.1, 0.15) is 24.1 Å². The van der Waals surface area contributed by atoms with Crippen molar-refractivity contribution in [1.29, 1.82) is 0 Å². The lowest BCUT2D eigenvalue weighted by atomic mass is 10.2. The molecule has 4 heteroatoms. The van der Waals surface area contributed by atoms with E-state index in [2.05, 4.69) is 27.0 Å². The standard InChI is InChI=1S/C15H19N3O/c1-19-15-6-2-12(3-7-15)10-18-11-16-8-14(18)9-17-13-4-5-13/h2-3,6-8,11,13,17H,4-5,9-10H2,1H3. The zero-order valence-electron chi connectivity index (χ0n) is 11.2. The number of nitrogens with zero attached hydrogens (tertiary/aromatic N) is 2. The van der Waals surface area contributed by atoms with Crippen LogP contribution in [0, 0.1) is 0 Å². The minimum absolute atomic E-state index is 0.726. The molecule has 1 saturated carbocycles. The van der Waals surface area contributed by atoms with Gasteiger partial charge in [-0.3, -0.25) is 0 Å². The first-order chi connectivity index (χ1) is 9.35. The van der Waals surface area contributed by atoms with Crippen molar-refractivity contribution in [3.63, 3.8) is 0 Å². The van der Waals surface area contributed by atoms with Gasteiger partial charge in [0.2, 0.25) is 0 Å². The van der Waals surface area contributed by atoms with E-state index in [1.165, 1.54) is 24.1 Å². The number of methoxy groups -OCH3 is 1. The number of benzene rings is 1. The molecule has 0 atom stereocenters. The molecule has 1 aliphatic rings. The molecule has 1 aliphatic carbocycles. The lowest BCUT2D eigenvalue weighted by molar-refractivity contribution is 0.414. The number of hydrogen-bond acceptors (Lipinski definition) is 3. The minimum Gasteiger partial charge on any atom is -0.497 e. The number of aromatic nitrogens is 2. The highest BCUT2D eigenvalue weighted by molar-refractivity contribution is 5.27. The van der Waals surface area contributed by atoms with Crippen LogP contribution in [0.5, 0.6) is 5.75 Å². The van der Waals surface area contributed by atoms with E-state index in [0.717, 1.165) is 24.9 Å². The highest BCUT2D eigenvalue weighted by Gasteiger charge is 2.20. The number of ether oxygens (including phenoxy) is 1. The highest BCUT2D eigenvalue weighted by atomic mass is 16.5. The van der Waals surface area contributed by atoms with Crippen LogP contribution in [-0.2, 0) is 13.1 Å². The summed E-state index contributed by atoms with van der Waals surface area (Å²) in [7, 11) is 1.69. The largest absolute Gasteiger partial charge is 0.497 e. The molecule has 2 aromatic rings. The van der Waals surface area contributed by atoms with E-state index in [-0.39, 0.29) is 0 Å². The second-order valence-electron chi connectivity index (χ2n) is 5.02. The lowest BCUT2D eigenvalue weighted by Crippen LogP contribution is -2.18. The summed E-state index contributed by atoms with van der Waals surface area (Å²) in [5, 5.41) is 3.52. The molecule has 100 valence electrons. The minimum atomic E-state index is 0.726. The summed E-state index contributed by atoms with van der Waals surface area (Å²) in [4.78, 5) is 4.25. The summed E-state index contributed by atoms with van der Waals surface area (Å²) in [5.74, 6) is 0.894. The fourth-order valence-corrected chi connectivity index (χ4v) is 2.10. The lowest BCUT2D eigenvalue weighted by Gasteiger charge is -2.09. The van der Waals surface area contributed by atoms with E-state index in [0.29, 0.717) is 0 Å². The van der Waals surface area contributed by atoms with Gasteiger partial charge in [0, 0.05) is 25.3 Å². The Morgan fingerprint density at radius 3 is 2.79 bits per heavy atom. The number of hydrogen-bond donors (Lipinski definition) is 1. The average Bonchev–Trinajstić information content (AvgIpc) is 3.18. The second-order valence-corrected chi connectivity index (χ2v) is 5.02. The predicted octanol–water partition coefficient (Wildman–Crippen LogP) is 2.19. The van der Waals surface area contributed by atoms with Gasteiger partial charge in [-0.1, -0.05) is 12.1 Å². The van der Waals surface area contributed by atoms with Crippen LogP contribution in [0.25, 0.3) is 0 Å². The molecule has 19 heavy (non-hydrogen) atoms. The summed E-state index contributed by atoms with van der Waals surface area (Å²) in [5.41, 5.74) is 2.49. The third kappa shape index (κ3) is 3.15. The topological polar surface area (TPSA) is 39.1 Å². The maximum atomic E-state index is 5.17. The van der Waals surface area contributed by atoms with Gasteiger partial charge in [-0.05, 0) is 30.5 Å². The smallest absolute Gasteiger partial charge is 0.118 e. The predicted molar refractivity (Wildman–Crippen MR) is 74.2 cm³/mol. The fraction of sp³-hybridized carbons (Fsp3) is 0.400. The van der Waals surface area contributed by atoms with Crippen LogP contribution in [0.15, 0.2) is 36.8 Å². The molecular formula is C15H19N3O. The Kier molecular flexibility index (Phi) is 3.51. The van der Waals surface area contributed by atoms with E-state index >= 15 is 0 Å². The number of imidazole rings is 1. The Balaban J connectivity index is 1.65. The van der Waals surface area contributed by atoms with Gasteiger partial charge in [0.05, 0.1) is 19.1 Å². The Bertz CT molecular complexity index is 529. The molecule has 4 nitrogen and oxygen atoms in total. The fourth-order valence-electron chi connectivity index (χ4n) is 2.10. The Labute approximate surface area is 113 Å². The third-order valence-corrected chi connectivity index (χ3v) is 3.46. The SMILES string of the molecule is COc1ccc(Cn2cncc2CNC2CC2)cc1. The molecule has 1 aromatic heterocycles. The zero-order chi connectivity index (χ0) is 13.1. The molecule has 0 bridgehead atoms. The molecule has 1 fully saturated rings. The quantitative estimate of drug-likeness (QED) is 0.862. The first-order valence-electron chi connectivity index (χ1n) is 6.70. The van der Waals surface area contributed by atoms with Gasteiger partial charge in [-0.15, -0.1) is 0 Å². The van der Waals surface area contributed by atoms with Gasteiger partial charge in [-0.25, -0.2) is 4.98 Å². The molecule has 0 aliphatic heterocycles. The highest BCUT2D eigenvalue weighted by Crippen LogP contribution is 2.19. The Morgan fingerprint density at radius 1 is 1.32 bits per heavy atom. The molecule has 1 heterocycles. The normalized spacial score (nSPS) is 14.6. The van der Waals surface area contributed by atoms with Gasteiger partial charge in [0.25, 0.3) is 0 Å². The summed E-state index contributed by atoms with van der Waals surface area (Å²) in [6.45, 7) is 1.76. The van der Waals surface area contributed by atoms with Gasteiger partial charge >= 0.3 is 0 Å². The van der Waals surface area contributed by atoms with Crippen molar-refractivity contribution in [3.05, 3.63) is 48.0 Å². The molecule has 3 rings (SSSR count). The van der Waals surface area contributed by atoms with Gasteiger partial charge in [0.15, 0.2) is 0 Å².